The van der Waals surface area contributed by atoms with Crippen LogP contribution in [0.15, 0.2) is 53.3 Å². The molecule has 1 amide bonds. The number of hydrogen-bond donors (Lipinski definition) is 0. The third-order valence-corrected chi connectivity index (χ3v) is 4.76. The summed E-state index contributed by atoms with van der Waals surface area (Å²) in [6.07, 6.45) is 2.92. The molecule has 0 spiro atoms. The first kappa shape index (κ1) is 19.7. The topological polar surface area (TPSA) is 55.2 Å². The van der Waals surface area contributed by atoms with Gasteiger partial charge in [0, 0.05) is 25.5 Å². The highest BCUT2D eigenvalue weighted by Gasteiger charge is 2.21. The molecule has 0 bridgehead atoms. The summed E-state index contributed by atoms with van der Waals surface area (Å²) in [7, 11) is 1.55. The zero-order valence-corrected chi connectivity index (χ0v) is 16.2. The maximum atomic E-state index is 13.4. The fraction of sp³-hybridized carbons (Fsp3) is 0.318. The minimum atomic E-state index is -0.307. The Hall–Kier alpha value is -3.02. The minimum absolute atomic E-state index is 0.229. The number of unbranched alkanes of at least 4 members (excludes halogenated alkanes) is 2. The Morgan fingerprint density at radius 2 is 1.75 bits per heavy atom. The van der Waals surface area contributed by atoms with E-state index in [4.69, 9.17) is 0 Å². The van der Waals surface area contributed by atoms with Crippen LogP contribution in [0.3, 0.4) is 0 Å². The molecule has 0 aliphatic rings. The molecule has 0 saturated carbocycles. The van der Waals surface area contributed by atoms with E-state index >= 15 is 0 Å². The maximum Gasteiger partial charge on any atom is 0.275 e. The number of halogens is 1. The van der Waals surface area contributed by atoms with Gasteiger partial charge in [-0.1, -0.05) is 50.1 Å². The first-order valence-electron chi connectivity index (χ1n) is 9.51. The van der Waals surface area contributed by atoms with Crippen LogP contribution in [0.1, 0.15) is 42.2 Å². The van der Waals surface area contributed by atoms with Gasteiger partial charge in [-0.2, -0.15) is 5.10 Å². The number of rotatable bonds is 7. The summed E-state index contributed by atoms with van der Waals surface area (Å²) in [5.74, 6) is -0.537. The zero-order chi connectivity index (χ0) is 20.1. The van der Waals surface area contributed by atoms with Crippen LogP contribution in [0, 0.1) is 5.82 Å². The van der Waals surface area contributed by atoms with E-state index in [9.17, 15) is 14.0 Å². The highest BCUT2D eigenvalue weighted by molar-refractivity contribution is 6.04. The van der Waals surface area contributed by atoms with Crippen LogP contribution in [0.4, 0.5) is 4.39 Å². The summed E-state index contributed by atoms with van der Waals surface area (Å²) in [4.78, 5) is 27.4. The molecular weight excluding hydrogens is 357 g/mol. The monoisotopic (exact) mass is 381 g/mol. The Morgan fingerprint density at radius 3 is 2.43 bits per heavy atom. The molecule has 146 valence electrons. The second kappa shape index (κ2) is 8.78. The average Bonchev–Trinajstić information content (AvgIpc) is 2.71. The normalized spacial score (nSPS) is 11.0. The number of fused-ring (bicyclic) bond motifs is 1. The van der Waals surface area contributed by atoms with Crippen molar-refractivity contribution < 1.29 is 9.18 Å². The summed E-state index contributed by atoms with van der Waals surface area (Å²) in [5.41, 5.74) is 0.875. The molecule has 0 radical (unpaired) electrons. The Bertz CT molecular complexity index is 1030. The quantitative estimate of drug-likeness (QED) is 0.583. The van der Waals surface area contributed by atoms with Crippen LogP contribution in [0.25, 0.3) is 10.8 Å². The third-order valence-electron chi connectivity index (χ3n) is 4.76. The molecule has 1 heterocycles. The molecular formula is C22H24FN3O2. The van der Waals surface area contributed by atoms with Crippen molar-refractivity contribution in [2.24, 2.45) is 7.05 Å². The second-order valence-electron chi connectivity index (χ2n) is 6.88. The van der Waals surface area contributed by atoms with Gasteiger partial charge in [-0.3, -0.25) is 9.59 Å². The number of amides is 1. The molecule has 0 N–H and O–H groups in total. The first-order chi connectivity index (χ1) is 13.5. The molecule has 2 aromatic carbocycles. The molecule has 0 fully saturated rings. The van der Waals surface area contributed by atoms with E-state index in [1.165, 1.54) is 16.8 Å². The lowest BCUT2D eigenvalue weighted by Crippen LogP contribution is -2.34. The highest BCUT2D eigenvalue weighted by atomic mass is 19.1. The van der Waals surface area contributed by atoms with Gasteiger partial charge in [0.1, 0.15) is 5.82 Å². The third kappa shape index (κ3) is 4.27. The van der Waals surface area contributed by atoms with Crippen molar-refractivity contribution in [3.63, 3.8) is 0 Å². The number of carbonyl (C=O) groups is 1. The molecule has 6 heteroatoms. The summed E-state index contributed by atoms with van der Waals surface area (Å²) < 4.78 is 14.4. The van der Waals surface area contributed by atoms with Crippen molar-refractivity contribution >= 4 is 16.7 Å². The lowest BCUT2D eigenvalue weighted by Gasteiger charge is -2.23. The van der Waals surface area contributed by atoms with Crippen LogP contribution in [0.5, 0.6) is 0 Å². The number of benzene rings is 2. The molecule has 0 saturated heterocycles. The Morgan fingerprint density at radius 1 is 1.07 bits per heavy atom. The number of aromatic nitrogens is 2. The lowest BCUT2D eigenvalue weighted by atomic mass is 10.1. The predicted molar refractivity (Wildman–Crippen MR) is 108 cm³/mol. The van der Waals surface area contributed by atoms with Gasteiger partial charge < -0.3 is 4.90 Å². The summed E-state index contributed by atoms with van der Waals surface area (Å²) in [6.45, 7) is 3.04. The van der Waals surface area contributed by atoms with Gasteiger partial charge >= 0.3 is 0 Å². The van der Waals surface area contributed by atoms with Crippen molar-refractivity contribution in [2.75, 3.05) is 6.54 Å². The number of nitrogens with zero attached hydrogens (tertiary/aromatic N) is 3. The fourth-order valence-electron chi connectivity index (χ4n) is 3.22. The number of hydrogen-bond acceptors (Lipinski definition) is 3. The molecule has 1 aromatic heterocycles. The Kier molecular flexibility index (Phi) is 6.19. The summed E-state index contributed by atoms with van der Waals surface area (Å²) in [5, 5.41) is 5.28. The Balaban J connectivity index is 1.98. The first-order valence-corrected chi connectivity index (χ1v) is 9.51. The van der Waals surface area contributed by atoms with E-state index in [1.807, 2.05) is 0 Å². The van der Waals surface area contributed by atoms with Gasteiger partial charge in [0.2, 0.25) is 0 Å². The van der Waals surface area contributed by atoms with E-state index in [0.717, 1.165) is 24.8 Å². The van der Waals surface area contributed by atoms with Gasteiger partial charge in [0.05, 0.1) is 5.39 Å². The maximum absolute atomic E-state index is 13.4. The predicted octanol–water partition coefficient (Wildman–Crippen LogP) is 3.91. The molecule has 0 unspecified atom stereocenters. The smallest absolute Gasteiger partial charge is 0.275 e. The SMILES string of the molecule is CCCCCN(Cc1ccc(F)cc1)C(=O)c1nn(C)c(=O)c2ccccc12. The molecule has 0 atom stereocenters. The van der Waals surface area contributed by atoms with E-state index in [-0.39, 0.29) is 23.0 Å². The molecule has 0 aliphatic heterocycles. The fourth-order valence-corrected chi connectivity index (χ4v) is 3.22. The molecule has 3 aromatic rings. The van der Waals surface area contributed by atoms with Gasteiger partial charge in [-0.15, -0.1) is 0 Å². The number of aryl methyl sites for hydroxylation is 1. The molecule has 0 aliphatic carbocycles. The van der Waals surface area contributed by atoms with Crippen molar-refractivity contribution in [3.8, 4) is 0 Å². The highest BCUT2D eigenvalue weighted by Crippen LogP contribution is 2.17. The van der Waals surface area contributed by atoms with E-state index in [2.05, 4.69) is 12.0 Å². The van der Waals surface area contributed by atoms with Gasteiger partial charge in [-0.05, 0) is 30.2 Å². The second-order valence-corrected chi connectivity index (χ2v) is 6.88. The van der Waals surface area contributed by atoms with E-state index in [0.29, 0.717) is 23.9 Å². The van der Waals surface area contributed by atoms with E-state index in [1.54, 1.807) is 48.3 Å². The van der Waals surface area contributed by atoms with Crippen LogP contribution in [0.2, 0.25) is 0 Å². The van der Waals surface area contributed by atoms with Crippen LogP contribution in [-0.4, -0.2) is 27.1 Å². The van der Waals surface area contributed by atoms with Crippen molar-refractivity contribution in [1.29, 1.82) is 0 Å². The van der Waals surface area contributed by atoms with Gasteiger partial charge in [0.15, 0.2) is 5.69 Å². The summed E-state index contributed by atoms with van der Waals surface area (Å²) >= 11 is 0. The standard InChI is InChI=1S/C22H24FN3O2/c1-3-4-7-14-26(15-16-10-12-17(23)13-11-16)22(28)20-18-8-5-6-9-19(18)21(27)25(2)24-20/h5-6,8-13H,3-4,7,14-15H2,1-2H3. The Labute approximate surface area is 163 Å². The molecule has 3 rings (SSSR count). The summed E-state index contributed by atoms with van der Waals surface area (Å²) in [6, 6.07) is 13.2. The number of carbonyl (C=O) groups excluding carboxylic acids is 1. The lowest BCUT2D eigenvalue weighted by molar-refractivity contribution is 0.0734. The minimum Gasteiger partial charge on any atom is -0.333 e. The van der Waals surface area contributed by atoms with Crippen LogP contribution >= 0.6 is 0 Å². The van der Waals surface area contributed by atoms with Gasteiger partial charge in [0.25, 0.3) is 11.5 Å². The zero-order valence-electron chi connectivity index (χ0n) is 16.2. The molecule has 5 nitrogen and oxygen atoms in total. The van der Waals surface area contributed by atoms with E-state index < -0.39 is 0 Å². The largest absolute Gasteiger partial charge is 0.333 e. The van der Waals surface area contributed by atoms with Crippen LogP contribution < -0.4 is 5.56 Å². The van der Waals surface area contributed by atoms with Crippen molar-refractivity contribution in [3.05, 3.63) is 76.0 Å². The van der Waals surface area contributed by atoms with Crippen molar-refractivity contribution in [2.45, 2.75) is 32.7 Å². The van der Waals surface area contributed by atoms with Crippen LogP contribution in [-0.2, 0) is 13.6 Å². The van der Waals surface area contributed by atoms with Gasteiger partial charge in [-0.25, -0.2) is 9.07 Å². The average molecular weight is 381 g/mol. The van der Waals surface area contributed by atoms with Crippen molar-refractivity contribution in [1.82, 2.24) is 14.7 Å². The molecule has 28 heavy (non-hydrogen) atoms.